The highest BCUT2D eigenvalue weighted by atomic mass is 32.1. The Balaban J connectivity index is 1.09. The first kappa shape index (κ1) is 30.0. The number of para-hydroxylation sites is 1. The van der Waals surface area contributed by atoms with Crippen molar-refractivity contribution in [3.8, 4) is 22.3 Å². The van der Waals surface area contributed by atoms with Gasteiger partial charge in [-0.1, -0.05) is 146 Å². The van der Waals surface area contributed by atoms with Crippen LogP contribution in [0.5, 0.6) is 0 Å². The quantitative estimate of drug-likeness (QED) is 0.167. The van der Waals surface area contributed by atoms with E-state index < -0.39 is 0 Å². The van der Waals surface area contributed by atoms with E-state index in [0.717, 1.165) is 55.6 Å². The highest BCUT2D eigenvalue weighted by Gasteiger charge is 2.21. The molecule has 0 aliphatic heterocycles. The number of fused-ring (bicyclic) bond motifs is 9. The van der Waals surface area contributed by atoms with E-state index >= 15 is 0 Å². The summed E-state index contributed by atoms with van der Waals surface area (Å²) in [6.45, 7) is 0. The monoisotopic (exact) mass is 693 g/mol. The van der Waals surface area contributed by atoms with Gasteiger partial charge in [-0.3, -0.25) is 0 Å². The van der Waals surface area contributed by atoms with Crippen LogP contribution in [0.25, 0.3) is 85.9 Å². The summed E-state index contributed by atoms with van der Waals surface area (Å²) in [6, 6.07) is 67.9. The Morgan fingerprint density at radius 1 is 0.396 bits per heavy atom. The smallest absolute Gasteiger partial charge is 0.143 e. The van der Waals surface area contributed by atoms with E-state index in [4.69, 9.17) is 4.42 Å². The molecule has 248 valence electrons. The summed E-state index contributed by atoms with van der Waals surface area (Å²) in [6.07, 6.45) is 0. The fourth-order valence-electron chi connectivity index (χ4n) is 8.16. The molecular formula is C50H31NOS. The molecule has 0 amide bonds. The molecule has 0 N–H and O–H groups in total. The van der Waals surface area contributed by atoms with Crippen LogP contribution in [-0.4, -0.2) is 0 Å². The Morgan fingerprint density at radius 3 is 1.94 bits per heavy atom. The molecule has 2 aromatic heterocycles. The maximum atomic E-state index is 6.49. The summed E-state index contributed by atoms with van der Waals surface area (Å²) in [7, 11) is 0. The van der Waals surface area contributed by atoms with Gasteiger partial charge in [-0.25, -0.2) is 0 Å². The molecule has 0 atom stereocenters. The van der Waals surface area contributed by atoms with Crippen LogP contribution in [0, 0.1) is 0 Å². The van der Waals surface area contributed by atoms with Gasteiger partial charge in [0, 0.05) is 42.9 Å². The number of thiophene rings is 1. The first-order valence-electron chi connectivity index (χ1n) is 18.0. The zero-order valence-corrected chi connectivity index (χ0v) is 29.5. The largest absolute Gasteiger partial charge is 0.455 e. The van der Waals surface area contributed by atoms with Gasteiger partial charge < -0.3 is 9.32 Å². The summed E-state index contributed by atoms with van der Waals surface area (Å²) in [5.41, 5.74) is 9.86. The van der Waals surface area contributed by atoms with Crippen LogP contribution in [0.3, 0.4) is 0 Å². The second kappa shape index (κ2) is 11.9. The van der Waals surface area contributed by atoms with Gasteiger partial charge in [0.25, 0.3) is 0 Å². The highest BCUT2D eigenvalue weighted by molar-refractivity contribution is 7.26. The molecule has 0 spiro atoms. The number of furan rings is 1. The third-order valence-electron chi connectivity index (χ3n) is 10.7. The van der Waals surface area contributed by atoms with Gasteiger partial charge >= 0.3 is 0 Å². The van der Waals surface area contributed by atoms with E-state index in [1.54, 1.807) is 0 Å². The third kappa shape index (κ3) is 4.78. The fourth-order valence-corrected chi connectivity index (χ4v) is 9.37. The molecule has 11 aromatic rings. The minimum atomic E-state index is 0.898. The Morgan fingerprint density at radius 2 is 1.08 bits per heavy atom. The molecule has 2 nitrogen and oxygen atoms in total. The molecule has 0 fully saturated rings. The van der Waals surface area contributed by atoms with Gasteiger partial charge in [0.1, 0.15) is 11.2 Å². The molecule has 2 heterocycles. The summed E-state index contributed by atoms with van der Waals surface area (Å²) in [5.74, 6) is 0. The van der Waals surface area contributed by atoms with Crippen LogP contribution >= 0.6 is 11.3 Å². The van der Waals surface area contributed by atoms with Gasteiger partial charge in [-0.05, 0) is 75.3 Å². The van der Waals surface area contributed by atoms with Crippen molar-refractivity contribution in [2.45, 2.75) is 0 Å². The van der Waals surface area contributed by atoms with Crippen molar-refractivity contribution >= 4 is 92.1 Å². The number of rotatable bonds is 5. The van der Waals surface area contributed by atoms with Gasteiger partial charge in [0.05, 0.1) is 16.1 Å². The number of hydrogen-bond acceptors (Lipinski definition) is 3. The maximum absolute atomic E-state index is 6.49. The van der Waals surface area contributed by atoms with Gasteiger partial charge in [0.2, 0.25) is 0 Å². The van der Waals surface area contributed by atoms with E-state index in [9.17, 15) is 0 Å². The van der Waals surface area contributed by atoms with Crippen molar-refractivity contribution in [3.05, 3.63) is 188 Å². The molecule has 9 aromatic carbocycles. The summed E-state index contributed by atoms with van der Waals surface area (Å²) < 4.78 is 9.07. The summed E-state index contributed by atoms with van der Waals surface area (Å²) in [4.78, 5) is 2.47. The van der Waals surface area contributed by atoms with E-state index in [1.165, 1.54) is 47.4 Å². The first-order valence-corrected chi connectivity index (χ1v) is 18.8. The third-order valence-corrected chi connectivity index (χ3v) is 11.9. The number of hydrogen-bond donors (Lipinski definition) is 0. The summed E-state index contributed by atoms with van der Waals surface area (Å²) in [5, 5.41) is 9.80. The molecule has 11 rings (SSSR count). The second-order valence-electron chi connectivity index (χ2n) is 13.7. The molecule has 0 unspecified atom stereocenters. The summed E-state index contributed by atoms with van der Waals surface area (Å²) >= 11 is 1.87. The molecule has 0 aliphatic carbocycles. The topological polar surface area (TPSA) is 16.4 Å². The van der Waals surface area contributed by atoms with E-state index in [2.05, 4.69) is 187 Å². The van der Waals surface area contributed by atoms with Crippen molar-refractivity contribution in [1.82, 2.24) is 0 Å². The average Bonchev–Trinajstić information content (AvgIpc) is 3.80. The molecule has 0 saturated carbocycles. The standard InChI is InChI=1S/C50H31NOS/c1-2-12-33(13-3-1)38-19-10-20-42-44-30-34(26-29-47(44)52-49(38)42)32-24-27-36(28-25-32)51(45-22-11-21-43-41-18-8-9-23-48(41)53-50(43)45)46-31-35-14-4-5-15-37(35)39-16-6-7-17-40(39)46/h1-31H. The zero-order chi connectivity index (χ0) is 34.9. The molecule has 0 aliphatic rings. The highest BCUT2D eigenvalue weighted by Crippen LogP contribution is 2.48. The minimum Gasteiger partial charge on any atom is -0.455 e. The van der Waals surface area contributed by atoms with Gasteiger partial charge in [0.15, 0.2) is 0 Å². The molecular weight excluding hydrogens is 663 g/mol. The minimum absolute atomic E-state index is 0.898. The molecule has 0 saturated heterocycles. The Hall–Kier alpha value is -6.68. The number of benzene rings is 9. The van der Waals surface area contributed by atoms with Gasteiger partial charge in [-0.2, -0.15) is 0 Å². The Kier molecular flexibility index (Phi) is 6.76. The van der Waals surface area contributed by atoms with E-state index in [-0.39, 0.29) is 0 Å². The van der Waals surface area contributed by atoms with Crippen LogP contribution in [0.1, 0.15) is 0 Å². The van der Waals surface area contributed by atoms with Crippen molar-refractivity contribution in [1.29, 1.82) is 0 Å². The van der Waals surface area contributed by atoms with Crippen LogP contribution in [0.15, 0.2) is 192 Å². The maximum Gasteiger partial charge on any atom is 0.143 e. The normalized spacial score (nSPS) is 11.8. The predicted molar refractivity (Wildman–Crippen MR) is 227 cm³/mol. The fraction of sp³-hybridized carbons (Fsp3) is 0. The Bertz CT molecular complexity index is 3170. The van der Waals surface area contributed by atoms with Crippen molar-refractivity contribution in [3.63, 3.8) is 0 Å². The Labute approximate surface area is 310 Å². The van der Waals surface area contributed by atoms with Gasteiger partial charge in [-0.15, -0.1) is 11.3 Å². The second-order valence-corrected chi connectivity index (χ2v) is 14.7. The lowest BCUT2D eigenvalue weighted by molar-refractivity contribution is 0.670. The number of nitrogens with zero attached hydrogens (tertiary/aromatic N) is 1. The molecule has 3 heteroatoms. The average molecular weight is 694 g/mol. The number of anilines is 3. The first-order chi connectivity index (χ1) is 26.3. The molecule has 53 heavy (non-hydrogen) atoms. The van der Waals surface area contributed by atoms with Crippen LogP contribution in [0.2, 0.25) is 0 Å². The predicted octanol–water partition coefficient (Wildman–Crippen LogP) is 15.1. The van der Waals surface area contributed by atoms with Crippen molar-refractivity contribution in [2.24, 2.45) is 0 Å². The van der Waals surface area contributed by atoms with E-state index in [0.29, 0.717) is 0 Å². The van der Waals surface area contributed by atoms with Crippen LogP contribution < -0.4 is 4.90 Å². The van der Waals surface area contributed by atoms with E-state index in [1.807, 2.05) is 17.4 Å². The lowest BCUT2D eigenvalue weighted by Crippen LogP contribution is -2.10. The SMILES string of the molecule is c1ccc(-c2cccc3c2oc2ccc(-c4ccc(N(c5cc6ccccc6c6ccccc56)c5cccc6c5sc5ccccc56)cc4)cc23)cc1. The van der Waals surface area contributed by atoms with Crippen molar-refractivity contribution < 1.29 is 4.42 Å². The van der Waals surface area contributed by atoms with Crippen molar-refractivity contribution in [2.75, 3.05) is 4.90 Å². The lowest BCUT2D eigenvalue weighted by atomic mass is 9.98. The molecule has 0 bridgehead atoms. The zero-order valence-electron chi connectivity index (χ0n) is 28.7. The van der Waals surface area contributed by atoms with Crippen LogP contribution in [-0.2, 0) is 0 Å². The molecule has 0 radical (unpaired) electrons. The lowest BCUT2D eigenvalue weighted by Gasteiger charge is -2.28. The van der Waals surface area contributed by atoms with Crippen LogP contribution in [0.4, 0.5) is 17.1 Å².